The fraction of sp³-hybridized carbons (Fsp3) is 0.217. The minimum Gasteiger partial charge on any atom is -0.354 e. The molecule has 166 valence electrons. The predicted octanol–water partition coefficient (Wildman–Crippen LogP) is 4.28. The van der Waals surface area contributed by atoms with Gasteiger partial charge in [-0.1, -0.05) is 18.2 Å². The van der Waals surface area contributed by atoms with Crippen LogP contribution in [0.3, 0.4) is 0 Å². The van der Waals surface area contributed by atoms with E-state index in [1.807, 2.05) is 24.3 Å². The third kappa shape index (κ3) is 3.17. The van der Waals surface area contributed by atoms with E-state index in [1.165, 1.54) is 6.20 Å². The number of pyridine rings is 2. The maximum absolute atomic E-state index is 13.9. The number of rotatable bonds is 2. The molecule has 1 aliphatic rings. The van der Waals surface area contributed by atoms with Gasteiger partial charge in [-0.05, 0) is 18.6 Å². The summed E-state index contributed by atoms with van der Waals surface area (Å²) in [6, 6.07) is 9.40. The third-order valence-corrected chi connectivity index (χ3v) is 6.06. The van der Waals surface area contributed by atoms with E-state index in [0.717, 1.165) is 22.5 Å². The van der Waals surface area contributed by atoms with Gasteiger partial charge in [0.2, 0.25) is 0 Å². The Morgan fingerprint density at radius 1 is 1.06 bits per heavy atom. The van der Waals surface area contributed by atoms with E-state index in [2.05, 4.69) is 24.9 Å². The maximum atomic E-state index is 13.9. The fourth-order valence-electron chi connectivity index (χ4n) is 4.56. The second-order valence-corrected chi connectivity index (χ2v) is 8.20. The second kappa shape index (κ2) is 7.11. The summed E-state index contributed by atoms with van der Waals surface area (Å²) in [6.07, 6.45) is -0.0988. The van der Waals surface area contributed by atoms with Crippen LogP contribution in [0.25, 0.3) is 44.2 Å². The van der Waals surface area contributed by atoms with Crippen LogP contribution in [-0.2, 0) is 6.18 Å². The monoisotopic (exact) mass is 449 g/mol. The number of benzene rings is 1. The molecule has 1 unspecified atom stereocenters. The first-order valence-electron chi connectivity index (χ1n) is 10.5. The van der Waals surface area contributed by atoms with Gasteiger partial charge >= 0.3 is 6.18 Å². The number of H-pyrrole nitrogens is 1. The summed E-state index contributed by atoms with van der Waals surface area (Å²) in [5, 5.41) is 1.70. The largest absolute Gasteiger partial charge is 0.418 e. The summed E-state index contributed by atoms with van der Waals surface area (Å²) in [5.41, 5.74) is 7.59. The number of nitrogens with zero attached hydrogens (tertiary/aromatic N) is 5. The topological polar surface area (TPSA) is 96.6 Å². The van der Waals surface area contributed by atoms with Crippen LogP contribution >= 0.6 is 0 Å². The number of para-hydroxylation sites is 1. The van der Waals surface area contributed by atoms with Crippen molar-refractivity contribution in [3.63, 3.8) is 0 Å². The second-order valence-electron chi connectivity index (χ2n) is 8.20. The summed E-state index contributed by atoms with van der Waals surface area (Å²) < 4.78 is 41.6. The predicted molar refractivity (Wildman–Crippen MR) is 120 cm³/mol. The van der Waals surface area contributed by atoms with Crippen LogP contribution in [0.1, 0.15) is 12.0 Å². The highest BCUT2D eigenvalue weighted by molar-refractivity contribution is 6.12. The molecule has 0 bridgehead atoms. The Hall–Kier alpha value is -3.79. The molecule has 1 saturated heterocycles. The molecule has 0 radical (unpaired) electrons. The fourth-order valence-corrected chi connectivity index (χ4v) is 4.56. The van der Waals surface area contributed by atoms with Crippen LogP contribution in [0, 0.1) is 0 Å². The molecule has 4 aromatic heterocycles. The van der Waals surface area contributed by atoms with Gasteiger partial charge in [0.1, 0.15) is 11.5 Å². The van der Waals surface area contributed by atoms with E-state index in [4.69, 9.17) is 5.73 Å². The van der Waals surface area contributed by atoms with Crippen molar-refractivity contribution in [3.05, 3.63) is 54.5 Å². The number of nitrogens with one attached hydrogen (secondary N) is 1. The van der Waals surface area contributed by atoms with E-state index in [1.54, 1.807) is 17.2 Å². The van der Waals surface area contributed by atoms with Crippen molar-refractivity contribution in [3.8, 4) is 11.4 Å². The lowest BCUT2D eigenvalue weighted by molar-refractivity contribution is -0.136. The van der Waals surface area contributed by atoms with E-state index >= 15 is 0 Å². The van der Waals surface area contributed by atoms with Crippen molar-refractivity contribution >= 4 is 38.7 Å². The van der Waals surface area contributed by atoms with Crippen molar-refractivity contribution < 1.29 is 13.2 Å². The van der Waals surface area contributed by atoms with Crippen molar-refractivity contribution in [1.29, 1.82) is 0 Å². The Kier molecular flexibility index (Phi) is 4.28. The molecule has 1 fully saturated rings. The molecule has 10 heteroatoms. The number of anilines is 1. The average molecular weight is 449 g/mol. The Balaban J connectivity index is 1.67. The van der Waals surface area contributed by atoms with Crippen LogP contribution in [0.2, 0.25) is 0 Å². The number of aromatic nitrogens is 5. The maximum Gasteiger partial charge on any atom is 0.418 e. The van der Waals surface area contributed by atoms with Crippen molar-refractivity contribution in [1.82, 2.24) is 24.9 Å². The van der Waals surface area contributed by atoms with Gasteiger partial charge in [0.25, 0.3) is 0 Å². The van der Waals surface area contributed by atoms with Gasteiger partial charge in [0, 0.05) is 53.4 Å². The molecular formula is C23H18F3N7. The SMILES string of the molecule is NC1CCN(c2nc(-c3ccnc4[nH]c5ccccc5c34)nc3cncc(C(F)(F)F)c23)C1. The summed E-state index contributed by atoms with van der Waals surface area (Å²) in [6.45, 7) is 0.940. The van der Waals surface area contributed by atoms with Crippen LogP contribution in [0.15, 0.2) is 48.9 Å². The van der Waals surface area contributed by atoms with Gasteiger partial charge < -0.3 is 15.6 Å². The first kappa shape index (κ1) is 19.9. The lowest BCUT2D eigenvalue weighted by Gasteiger charge is -2.22. The lowest BCUT2D eigenvalue weighted by Crippen LogP contribution is -2.27. The molecule has 0 amide bonds. The number of aromatic amines is 1. The molecule has 1 aromatic carbocycles. The summed E-state index contributed by atoms with van der Waals surface area (Å²) >= 11 is 0. The zero-order valence-corrected chi connectivity index (χ0v) is 17.3. The molecule has 1 aliphatic heterocycles. The standard InChI is InChI=1S/C23H18F3N7/c24-23(25,26)15-9-28-10-17-19(15)22(33-8-6-12(27)11-33)32-20(31-17)14-5-7-29-21-18(14)13-3-1-2-4-16(13)30-21/h1-5,7,9-10,12H,6,8,11,27H2,(H,29,30). The third-order valence-electron chi connectivity index (χ3n) is 6.06. The van der Waals surface area contributed by atoms with Gasteiger partial charge in [-0.25, -0.2) is 15.0 Å². The zero-order valence-electron chi connectivity index (χ0n) is 17.3. The molecule has 0 aliphatic carbocycles. The van der Waals surface area contributed by atoms with E-state index in [9.17, 15) is 13.2 Å². The molecule has 7 nitrogen and oxygen atoms in total. The number of nitrogens with two attached hydrogens (primary N) is 1. The van der Waals surface area contributed by atoms with Gasteiger partial charge in [0.15, 0.2) is 5.82 Å². The first-order chi connectivity index (χ1) is 15.9. The quantitative estimate of drug-likeness (QED) is 0.418. The van der Waals surface area contributed by atoms with Crippen LogP contribution in [-0.4, -0.2) is 44.1 Å². The summed E-state index contributed by atoms with van der Waals surface area (Å²) in [7, 11) is 0. The molecule has 33 heavy (non-hydrogen) atoms. The van der Waals surface area contributed by atoms with Crippen molar-refractivity contribution in [2.24, 2.45) is 5.73 Å². The summed E-state index contributed by atoms with van der Waals surface area (Å²) in [5.74, 6) is 0.540. The average Bonchev–Trinajstić information content (AvgIpc) is 3.40. The minimum atomic E-state index is -4.59. The van der Waals surface area contributed by atoms with Crippen molar-refractivity contribution in [2.45, 2.75) is 18.6 Å². The lowest BCUT2D eigenvalue weighted by atomic mass is 10.1. The van der Waals surface area contributed by atoms with E-state index in [0.29, 0.717) is 36.5 Å². The highest BCUT2D eigenvalue weighted by atomic mass is 19.4. The highest BCUT2D eigenvalue weighted by Crippen LogP contribution is 2.40. The number of hydrogen-bond acceptors (Lipinski definition) is 6. The van der Waals surface area contributed by atoms with Crippen molar-refractivity contribution in [2.75, 3.05) is 18.0 Å². The van der Waals surface area contributed by atoms with Gasteiger partial charge in [0.05, 0.1) is 22.7 Å². The number of alkyl halides is 3. The smallest absolute Gasteiger partial charge is 0.354 e. The highest BCUT2D eigenvalue weighted by Gasteiger charge is 2.36. The van der Waals surface area contributed by atoms with Crippen LogP contribution < -0.4 is 10.6 Å². The molecule has 0 spiro atoms. The van der Waals surface area contributed by atoms with Gasteiger partial charge in [-0.2, -0.15) is 13.2 Å². The molecule has 5 aromatic rings. The Morgan fingerprint density at radius 2 is 1.91 bits per heavy atom. The summed E-state index contributed by atoms with van der Waals surface area (Å²) in [4.78, 5) is 22.6. The van der Waals surface area contributed by atoms with Gasteiger partial charge in [-0.3, -0.25) is 4.98 Å². The first-order valence-corrected chi connectivity index (χ1v) is 10.5. The Morgan fingerprint density at radius 3 is 2.70 bits per heavy atom. The Labute approximate surface area is 185 Å². The number of fused-ring (bicyclic) bond motifs is 4. The number of halogens is 3. The Bertz CT molecular complexity index is 1530. The van der Waals surface area contributed by atoms with Crippen LogP contribution in [0.5, 0.6) is 0 Å². The molecule has 1 atom stereocenters. The number of hydrogen-bond donors (Lipinski definition) is 2. The molecular weight excluding hydrogens is 431 g/mol. The minimum absolute atomic E-state index is 0.0559. The molecule has 5 heterocycles. The van der Waals surface area contributed by atoms with E-state index in [-0.39, 0.29) is 22.8 Å². The molecule has 6 rings (SSSR count). The molecule has 3 N–H and O–H groups in total. The van der Waals surface area contributed by atoms with Crippen LogP contribution in [0.4, 0.5) is 19.0 Å². The zero-order chi connectivity index (χ0) is 22.7. The van der Waals surface area contributed by atoms with E-state index < -0.39 is 11.7 Å². The molecule has 0 saturated carbocycles. The normalized spacial score (nSPS) is 17.0. The van der Waals surface area contributed by atoms with Gasteiger partial charge in [-0.15, -0.1) is 0 Å².